The van der Waals surface area contributed by atoms with Gasteiger partial charge >= 0.3 is 6.09 Å². The summed E-state index contributed by atoms with van der Waals surface area (Å²) in [5.41, 5.74) is 2.81. The minimum Gasteiger partial charge on any atom is -0.494 e. The van der Waals surface area contributed by atoms with Crippen LogP contribution in [0.15, 0.2) is 36.4 Å². The molecule has 4 rings (SSSR count). The van der Waals surface area contributed by atoms with Crippen molar-refractivity contribution in [3.8, 4) is 5.75 Å². The molecule has 0 N–H and O–H groups in total. The fourth-order valence-corrected chi connectivity index (χ4v) is 5.56. The summed E-state index contributed by atoms with van der Waals surface area (Å²) >= 11 is 12.6. The van der Waals surface area contributed by atoms with E-state index in [-0.39, 0.29) is 14.6 Å². The van der Waals surface area contributed by atoms with E-state index in [2.05, 4.69) is 9.80 Å². The Morgan fingerprint density at radius 3 is 2.59 bits per heavy atom. The molecule has 39 heavy (non-hydrogen) atoms. The molecule has 0 saturated carbocycles. The number of amides is 2. The Balaban J connectivity index is 1.23. The molecule has 0 radical (unpaired) electrons. The van der Waals surface area contributed by atoms with Crippen LogP contribution < -0.4 is 14.5 Å². The number of piperazine rings is 1. The van der Waals surface area contributed by atoms with E-state index in [0.717, 1.165) is 62.5 Å². The van der Waals surface area contributed by atoms with Crippen LogP contribution in [0.25, 0.3) is 0 Å². The fraction of sp³-hybridized carbons (Fsp3) is 0.500. The molecule has 2 aromatic rings. The first-order valence-corrected chi connectivity index (χ1v) is 15.6. The Morgan fingerprint density at radius 1 is 1.08 bits per heavy atom. The average Bonchev–Trinajstić information content (AvgIpc) is 2.94. The van der Waals surface area contributed by atoms with E-state index in [9.17, 15) is 9.59 Å². The number of nitrogens with zero attached hydrogens (tertiary/aromatic N) is 4. The third-order valence-electron chi connectivity index (χ3n) is 7.22. The molecule has 2 amide bonds. The Labute approximate surface area is 242 Å². The molecule has 0 spiro atoms. The molecular weight excluding hydrogens is 558 g/mol. The predicted molar refractivity (Wildman–Crippen MR) is 160 cm³/mol. The summed E-state index contributed by atoms with van der Waals surface area (Å²) in [7, 11) is 1.97. The minimum absolute atomic E-state index is 0.0562. The molecule has 1 saturated heterocycles. The molecule has 2 atom stereocenters. The maximum atomic E-state index is 12.8. The molecule has 0 aliphatic carbocycles. The van der Waals surface area contributed by atoms with Gasteiger partial charge in [-0.3, -0.25) is 19.3 Å². The van der Waals surface area contributed by atoms with Gasteiger partial charge in [-0.1, -0.05) is 35.3 Å². The van der Waals surface area contributed by atoms with E-state index in [1.807, 2.05) is 43.1 Å². The summed E-state index contributed by atoms with van der Waals surface area (Å²) in [6.07, 6.45) is 1.88. The van der Waals surface area contributed by atoms with Crippen LogP contribution in [0.4, 0.5) is 16.2 Å². The number of anilines is 2. The lowest BCUT2D eigenvalue weighted by Gasteiger charge is -2.36. The van der Waals surface area contributed by atoms with Crippen molar-refractivity contribution in [3.63, 3.8) is 0 Å². The number of aryl methyl sites for hydroxylation is 1. The van der Waals surface area contributed by atoms with Crippen LogP contribution in [0, 0.1) is 0 Å². The van der Waals surface area contributed by atoms with Crippen LogP contribution >= 0.6 is 31.9 Å². The van der Waals surface area contributed by atoms with Crippen molar-refractivity contribution in [1.82, 2.24) is 9.57 Å². The van der Waals surface area contributed by atoms with Crippen LogP contribution in [-0.4, -0.2) is 80.8 Å². The van der Waals surface area contributed by atoms with Crippen LogP contribution in [0.2, 0.25) is 10.0 Å². The van der Waals surface area contributed by atoms with E-state index in [1.165, 1.54) is 4.67 Å². The van der Waals surface area contributed by atoms with Gasteiger partial charge in [0.25, 0.3) is 0 Å². The van der Waals surface area contributed by atoms with Gasteiger partial charge in [0.2, 0.25) is 5.91 Å². The number of hydrogen-bond acceptors (Lipinski definition) is 6. The highest BCUT2D eigenvalue weighted by molar-refractivity contribution is 7.35. The van der Waals surface area contributed by atoms with Crippen molar-refractivity contribution in [2.24, 2.45) is 0 Å². The molecule has 2 aliphatic heterocycles. The molecule has 2 aliphatic rings. The summed E-state index contributed by atoms with van der Waals surface area (Å²) in [5, 5.41) is 1.21. The zero-order valence-electron chi connectivity index (χ0n) is 22.8. The summed E-state index contributed by atoms with van der Waals surface area (Å²) in [6, 6.07) is 11.6. The molecule has 1 fully saturated rings. The molecule has 2 unspecified atom stereocenters. The zero-order chi connectivity index (χ0) is 27.9. The van der Waals surface area contributed by atoms with Gasteiger partial charge in [0, 0.05) is 45.7 Å². The first kappa shape index (κ1) is 29.7. The highest BCUT2D eigenvalue weighted by Crippen LogP contribution is 2.34. The Bertz CT molecular complexity index is 1160. The van der Waals surface area contributed by atoms with Crippen molar-refractivity contribution < 1.29 is 19.1 Å². The van der Waals surface area contributed by atoms with E-state index in [0.29, 0.717) is 35.2 Å². The van der Waals surface area contributed by atoms with Gasteiger partial charge in [-0.2, -0.15) is 0 Å². The van der Waals surface area contributed by atoms with Crippen molar-refractivity contribution in [2.45, 2.75) is 38.8 Å². The lowest BCUT2D eigenvalue weighted by atomic mass is 10.0. The molecule has 11 heteroatoms. The fourth-order valence-electron chi connectivity index (χ4n) is 4.91. The van der Waals surface area contributed by atoms with Crippen molar-refractivity contribution in [1.29, 1.82) is 0 Å². The molecule has 2 aromatic carbocycles. The number of fused-ring (bicyclic) bond motifs is 1. The maximum Gasteiger partial charge on any atom is 0.414 e. The van der Waals surface area contributed by atoms with E-state index >= 15 is 0 Å². The lowest BCUT2D eigenvalue weighted by molar-refractivity contribution is -0.120. The second kappa shape index (κ2) is 13.9. The molecule has 2 heterocycles. The molecule has 0 aromatic heterocycles. The highest BCUT2D eigenvalue weighted by Gasteiger charge is 2.31. The van der Waals surface area contributed by atoms with E-state index < -0.39 is 12.3 Å². The van der Waals surface area contributed by atoms with Crippen LogP contribution in [0.3, 0.4) is 0 Å². The van der Waals surface area contributed by atoms with Crippen LogP contribution in [0.1, 0.15) is 31.7 Å². The quantitative estimate of drug-likeness (QED) is 0.252. The van der Waals surface area contributed by atoms with Gasteiger partial charge < -0.3 is 14.4 Å². The zero-order valence-corrected chi connectivity index (χ0v) is 25.3. The number of carbonyl (C=O) groups is 2. The van der Waals surface area contributed by atoms with Crippen molar-refractivity contribution in [3.05, 3.63) is 52.0 Å². The van der Waals surface area contributed by atoms with Crippen molar-refractivity contribution >= 4 is 55.3 Å². The van der Waals surface area contributed by atoms with Gasteiger partial charge in [-0.05, 0) is 71.9 Å². The molecular formula is C28H37Cl2N4O4P. The topological polar surface area (TPSA) is 65.6 Å². The number of ether oxygens (including phenoxy) is 2. The molecule has 212 valence electrons. The summed E-state index contributed by atoms with van der Waals surface area (Å²) in [6.45, 7) is 9.04. The third kappa shape index (κ3) is 7.49. The summed E-state index contributed by atoms with van der Waals surface area (Å²) in [4.78, 5) is 31.4. The first-order valence-electron chi connectivity index (χ1n) is 13.4. The second-order valence-electron chi connectivity index (χ2n) is 9.78. The maximum absolute atomic E-state index is 12.8. The largest absolute Gasteiger partial charge is 0.494 e. The Morgan fingerprint density at radius 2 is 1.85 bits per heavy atom. The Hall–Kier alpha value is -2.25. The number of halogens is 2. The highest BCUT2D eigenvalue weighted by atomic mass is 35.5. The minimum atomic E-state index is -0.700. The van der Waals surface area contributed by atoms with Crippen molar-refractivity contribution in [2.75, 3.05) is 62.8 Å². The number of hydrogen-bond donors (Lipinski definition) is 0. The number of unbranched alkanes of at least 4 members (excludes halogenated alkanes) is 1. The average molecular weight is 596 g/mol. The van der Waals surface area contributed by atoms with Gasteiger partial charge in [0.1, 0.15) is 5.75 Å². The predicted octanol–water partition coefficient (Wildman–Crippen LogP) is 5.89. The monoisotopic (exact) mass is 594 g/mol. The number of rotatable bonds is 10. The van der Waals surface area contributed by atoms with Crippen LogP contribution in [-0.2, 0) is 16.0 Å². The third-order valence-corrected chi connectivity index (χ3v) is 8.88. The van der Waals surface area contributed by atoms with Crippen LogP contribution in [0.5, 0.6) is 5.75 Å². The summed E-state index contributed by atoms with van der Waals surface area (Å²) < 4.78 is 13.1. The first-order chi connectivity index (χ1) is 18.8. The molecule has 0 bridgehead atoms. The Kier molecular flexibility index (Phi) is 10.6. The normalized spacial score (nSPS) is 16.9. The van der Waals surface area contributed by atoms with E-state index in [1.54, 1.807) is 18.9 Å². The van der Waals surface area contributed by atoms with Gasteiger partial charge in [-0.25, -0.2) is 4.79 Å². The van der Waals surface area contributed by atoms with E-state index in [4.69, 9.17) is 32.7 Å². The lowest BCUT2D eigenvalue weighted by Crippen LogP contribution is -2.46. The number of benzene rings is 2. The van der Waals surface area contributed by atoms with Gasteiger partial charge in [-0.15, -0.1) is 0 Å². The second-order valence-corrected chi connectivity index (χ2v) is 11.7. The molecule has 8 nitrogen and oxygen atoms in total. The smallest absolute Gasteiger partial charge is 0.414 e. The van der Waals surface area contributed by atoms with Gasteiger partial charge in [0.05, 0.1) is 28.0 Å². The van der Waals surface area contributed by atoms with Gasteiger partial charge in [0.15, 0.2) is 6.23 Å². The summed E-state index contributed by atoms with van der Waals surface area (Å²) in [5.74, 6) is 0.658. The number of carbonyl (C=O) groups excluding carboxylic acids is 2. The SMILES string of the molecule is CPN(C)C(=O)OC(C)N1C(=O)CCc2ccc(OCCCCN3CCN(c4cccc(Cl)c4Cl)CC3)cc21. The standard InChI is InChI=1S/C28H37Cl2N4O4P/c1-20(38-28(36)31(2)39-3)34-25-19-22(11-9-21(25)10-12-26(34)35)37-18-5-4-13-32-14-16-33(17-15-32)24-8-6-7-23(29)27(24)30/h6-9,11,19-20,39H,4-5,10,12-18H2,1-3H3.